The molecule has 0 aromatic heterocycles. The van der Waals surface area contributed by atoms with Crippen molar-refractivity contribution in [3.63, 3.8) is 0 Å². The van der Waals surface area contributed by atoms with Gasteiger partial charge in [0.2, 0.25) is 0 Å². The summed E-state index contributed by atoms with van der Waals surface area (Å²) in [5.74, 6) is 0. The molecule has 2 fully saturated rings. The maximum atomic E-state index is 6.00. The highest BCUT2D eigenvalue weighted by molar-refractivity contribution is 5.85. The fourth-order valence-electron chi connectivity index (χ4n) is 3.59. The molecule has 2 aromatic carbocycles. The number of benzene rings is 2. The Morgan fingerprint density at radius 2 is 1.90 bits per heavy atom. The summed E-state index contributed by atoms with van der Waals surface area (Å²) < 4.78 is 6.00. The molecule has 0 amide bonds. The van der Waals surface area contributed by atoms with Gasteiger partial charge in [0.1, 0.15) is 0 Å². The molecule has 1 unspecified atom stereocenters. The van der Waals surface area contributed by atoms with Crippen LogP contribution in [0.3, 0.4) is 0 Å². The second-order valence-corrected chi connectivity index (χ2v) is 6.28. The van der Waals surface area contributed by atoms with Crippen molar-refractivity contribution in [3.8, 4) is 0 Å². The quantitative estimate of drug-likeness (QED) is 0.873. The van der Waals surface area contributed by atoms with Crippen LogP contribution in [0.5, 0.6) is 0 Å². The Morgan fingerprint density at radius 1 is 1.05 bits per heavy atom. The van der Waals surface area contributed by atoms with Crippen LogP contribution >= 0.6 is 0 Å². The first-order valence-electron chi connectivity index (χ1n) is 7.72. The summed E-state index contributed by atoms with van der Waals surface area (Å²) in [5, 5.41) is 6.33. The van der Waals surface area contributed by atoms with E-state index in [-0.39, 0.29) is 5.60 Å². The van der Waals surface area contributed by atoms with Crippen molar-refractivity contribution in [2.75, 3.05) is 11.9 Å². The van der Waals surface area contributed by atoms with Crippen molar-refractivity contribution < 1.29 is 4.74 Å². The Bertz CT molecular complexity index is 618. The van der Waals surface area contributed by atoms with Gasteiger partial charge >= 0.3 is 0 Å². The Kier molecular flexibility index (Phi) is 2.92. The molecule has 0 radical (unpaired) electrons. The third kappa shape index (κ3) is 2.18. The van der Waals surface area contributed by atoms with Crippen molar-refractivity contribution >= 4 is 16.5 Å². The van der Waals surface area contributed by atoms with E-state index in [4.69, 9.17) is 4.74 Å². The maximum absolute atomic E-state index is 6.00. The smallest absolute Gasteiger partial charge is 0.0702 e. The predicted molar refractivity (Wildman–Crippen MR) is 83.1 cm³/mol. The standard InChI is InChI=1S/C18H21NO/c1-2-5-15-12-16(7-6-14(15)4-1)19-17-8-11-20-18(13-17)9-3-10-18/h1-2,4-7,12,17,19H,3,8-11,13H2. The second kappa shape index (κ2) is 4.78. The Hall–Kier alpha value is -1.54. The Balaban J connectivity index is 1.52. The van der Waals surface area contributed by atoms with Gasteiger partial charge in [-0.05, 0) is 55.0 Å². The van der Waals surface area contributed by atoms with E-state index in [0.29, 0.717) is 6.04 Å². The minimum Gasteiger partial charge on any atom is -0.382 e. The fourth-order valence-corrected chi connectivity index (χ4v) is 3.59. The third-order valence-electron chi connectivity index (χ3n) is 4.88. The lowest BCUT2D eigenvalue weighted by atomic mass is 9.74. The van der Waals surface area contributed by atoms with Gasteiger partial charge in [-0.2, -0.15) is 0 Å². The van der Waals surface area contributed by atoms with Gasteiger partial charge in [-0.25, -0.2) is 0 Å². The molecule has 1 aliphatic carbocycles. The monoisotopic (exact) mass is 267 g/mol. The molecule has 2 aliphatic rings. The molecule has 1 heterocycles. The zero-order chi connectivity index (χ0) is 13.4. The normalized spacial score (nSPS) is 24.5. The SMILES string of the molecule is c1ccc2cc(NC3CCOC4(CCC4)C3)ccc2c1. The van der Waals surface area contributed by atoms with E-state index in [1.807, 2.05) is 0 Å². The second-order valence-electron chi connectivity index (χ2n) is 6.28. The van der Waals surface area contributed by atoms with E-state index in [1.54, 1.807) is 0 Å². The minimum atomic E-state index is 0.215. The van der Waals surface area contributed by atoms with Crippen LogP contribution in [-0.2, 0) is 4.74 Å². The number of anilines is 1. The number of nitrogens with one attached hydrogen (secondary N) is 1. The minimum absolute atomic E-state index is 0.215. The van der Waals surface area contributed by atoms with Crippen LogP contribution in [0.2, 0.25) is 0 Å². The summed E-state index contributed by atoms with van der Waals surface area (Å²) in [6.07, 6.45) is 6.13. The molecule has 1 aliphatic heterocycles. The number of hydrogen-bond acceptors (Lipinski definition) is 2. The molecule has 2 aromatic rings. The number of fused-ring (bicyclic) bond motifs is 1. The largest absolute Gasteiger partial charge is 0.382 e. The molecule has 1 saturated heterocycles. The molecule has 0 bridgehead atoms. The highest BCUT2D eigenvalue weighted by Gasteiger charge is 2.42. The van der Waals surface area contributed by atoms with Gasteiger partial charge in [-0.3, -0.25) is 0 Å². The first-order chi connectivity index (χ1) is 9.83. The number of rotatable bonds is 2. The summed E-state index contributed by atoms with van der Waals surface area (Å²) in [6.45, 7) is 0.908. The van der Waals surface area contributed by atoms with Crippen LogP contribution < -0.4 is 5.32 Å². The lowest BCUT2D eigenvalue weighted by Gasteiger charge is -2.47. The molecule has 104 valence electrons. The van der Waals surface area contributed by atoms with Gasteiger partial charge in [-0.1, -0.05) is 30.3 Å². The van der Waals surface area contributed by atoms with Crippen LogP contribution in [-0.4, -0.2) is 18.2 Å². The zero-order valence-electron chi connectivity index (χ0n) is 11.8. The van der Waals surface area contributed by atoms with Gasteiger partial charge in [0.25, 0.3) is 0 Å². The predicted octanol–water partition coefficient (Wildman–Crippen LogP) is 4.35. The van der Waals surface area contributed by atoms with Crippen molar-refractivity contribution in [2.24, 2.45) is 0 Å². The average molecular weight is 267 g/mol. The van der Waals surface area contributed by atoms with Crippen LogP contribution in [0.15, 0.2) is 42.5 Å². The summed E-state index contributed by atoms with van der Waals surface area (Å²) in [5.41, 5.74) is 1.46. The summed E-state index contributed by atoms with van der Waals surface area (Å²) >= 11 is 0. The Morgan fingerprint density at radius 3 is 2.70 bits per heavy atom. The van der Waals surface area contributed by atoms with E-state index < -0.39 is 0 Å². The van der Waals surface area contributed by atoms with Gasteiger partial charge in [0.15, 0.2) is 0 Å². The number of ether oxygens (including phenoxy) is 1. The van der Waals surface area contributed by atoms with Crippen molar-refractivity contribution in [1.82, 2.24) is 0 Å². The maximum Gasteiger partial charge on any atom is 0.0702 e. The van der Waals surface area contributed by atoms with Gasteiger partial charge in [-0.15, -0.1) is 0 Å². The van der Waals surface area contributed by atoms with E-state index in [2.05, 4.69) is 47.8 Å². The summed E-state index contributed by atoms with van der Waals surface area (Å²) in [7, 11) is 0. The Labute approximate surface area is 120 Å². The molecular formula is C18H21NO. The van der Waals surface area contributed by atoms with Crippen LogP contribution in [0.4, 0.5) is 5.69 Å². The first-order valence-corrected chi connectivity index (χ1v) is 7.72. The highest BCUT2D eigenvalue weighted by Crippen LogP contribution is 2.42. The van der Waals surface area contributed by atoms with Crippen molar-refractivity contribution in [3.05, 3.63) is 42.5 Å². The van der Waals surface area contributed by atoms with E-state index in [9.17, 15) is 0 Å². The molecule has 1 spiro atoms. The number of hydrogen-bond donors (Lipinski definition) is 1. The molecule has 2 heteroatoms. The van der Waals surface area contributed by atoms with Gasteiger partial charge < -0.3 is 10.1 Å². The summed E-state index contributed by atoms with van der Waals surface area (Å²) in [4.78, 5) is 0. The summed E-state index contributed by atoms with van der Waals surface area (Å²) in [6, 6.07) is 15.8. The zero-order valence-corrected chi connectivity index (χ0v) is 11.8. The first kappa shape index (κ1) is 12.2. The molecule has 20 heavy (non-hydrogen) atoms. The molecular weight excluding hydrogens is 246 g/mol. The van der Waals surface area contributed by atoms with E-state index in [0.717, 1.165) is 13.0 Å². The molecule has 1 N–H and O–H groups in total. The van der Waals surface area contributed by atoms with Gasteiger partial charge in [0, 0.05) is 18.3 Å². The highest BCUT2D eigenvalue weighted by atomic mass is 16.5. The van der Waals surface area contributed by atoms with E-state index >= 15 is 0 Å². The molecule has 1 atom stereocenters. The van der Waals surface area contributed by atoms with Crippen molar-refractivity contribution in [2.45, 2.75) is 43.7 Å². The lowest BCUT2D eigenvalue weighted by Crippen LogP contribution is -2.48. The molecule has 4 rings (SSSR count). The third-order valence-corrected chi connectivity index (χ3v) is 4.88. The van der Waals surface area contributed by atoms with Crippen LogP contribution in [0, 0.1) is 0 Å². The fraction of sp³-hybridized carbons (Fsp3) is 0.444. The lowest BCUT2D eigenvalue weighted by molar-refractivity contribution is -0.130. The molecule has 1 saturated carbocycles. The van der Waals surface area contributed by atoms with Gasteiger partial charge in [0.05, 0.1) is 5.60 Å². The van der Waals surface area contributed by atoms with Crippen LogP contribution in [0.1, 0.15) is 32.1 Å². The van der Waals surface area contributed by atoms with Crippen molar-refractivity contribution in [1.29, 1.82) is 0 Å². The topological polar surface area (TPSA) is 21.3 Å². The average Bonchev–Trinajstić information content (AvgIpc) is 2.46. The van der Waals surface area contributed by atoms with E-state index in [1.165, 1.54) is 42.1 Å². The van der Waals surface area contributed by atoms with Crippen LogP contribution in [0.25, 0.3) is 10.8 Å². The molecule has 2 nitrogen and oxygen atoms in total.